The van der Waals surface area contributed by atoms with Crippen molar-refractivity contribution in [3.8, 4) is 0 Å². The zero-order chi connectivity index (χ0) is 14.0. The predicted octanol–water partition coefficient (Wildman–Crippen LogP) is 1.79. The summed E-state index contributed by atoms with van der Waals surface area (Å²) in [6.45, 7) is 5.49. The average molecular weight is 283 g/mol. The number of aromatic nitrogens is 1. The fourth-order valence-electron chi connectivity index (χ4n) is 2.30. The average Bonchev–Trinajstić information content (AvgIpc) is 2.41. The number of sulfonamides is 1. The van der Waals surface area contributed by atoms with Crippen molar-refractivity contribution in [3.05, 3.63) is 18.3 Å². The van der Waals surface area contributed by atoms with Gasteiger partial charge in [-0.2, -0.15) is 4.31 Å². The lowest BCUT2D eigenvalue weighted by molar-refractivity contribution is 0.212. The summed E-state index contributed by atoms with van der Waals surface area (Å²) >= 11 is 0. The first-order valence-electron chi connectivity index (χ1n) is 6.59. The Balaban J connectivity index is 2.27. The lowest BCUT2D eigenvalue weighted by Gasteiger charge is -2.34. The van der Waals surface area contributed by atoms with Gasteiger partial charge in [-0.15, -0.1) is 0 Å². The van der Waals surface area contributed by atoms with Crippen LogP contribution in [0.5, 0.6) is 0 Å². The molecule has 0 radical (unpaired) electrons. The smallest absolute Gasteiger partial charge is 0.243 e. The monoisotopic (exact) mass is 283 g/mol. The Morgan fingerprint density at radius 3 is 2.74 bits per heavy atom. The molecule has 1 aliphatic rings. The van der Waals surface area contributed by atoms with Gasteiger partial charge in [0.15, 0.2) is 0 Å². The van der Waals surface area contributed by atoms with Crippen LogP contribution in [0, 0.1) is 11.8 Å². The molecule has 0 saturated carbocycles. The number of nitrogens with zero attached hydrogens (tertiary/aromatic N) is 2. The van der Waals surface area contributed by atoms with Gasteiger partial charge in [0.25, 0.3) is 0 Å². The van der Waals surface area contributed by atoms with E-state index in [4.69, 9.17) is 0 Å². The summed E-state index contributed by atoms with van der Waals surface area (Å²) in [6.07, 6.45) is 2.44. The Bertz CT molecular complexity index is 545. The molecule has 0 aromatic carbocycles. The van der Waals surface area contributed by atoms with Crippen molar-refractivity contribution in [1.29, 1.82) is 0 Å². The third-order valence-corrected chi connectivity index (χ3v) is 5.78. The number of pyridine rings is 1. The van der Waals surface area contributed by atoms with Crippen LogP contribution >= 0.6 is 0 Å². The van der Waals surface area contributed by atoms with Gasteiger partial charge in [0.05, 0.1) is 4.90 Å². The quantitative estimate of drug-likeness (QED) is 0.918. The zero-order valence-corrected chi connectivity index (χ0v) is 12.4. The first kappa shape index (κ1) is 14.3. The maximum Gasteiger partial charge on any atom is 0.243 e. The Morgan fingerprint density at radius 2 is 2.11 bits per heavy atom. The molecule has 2 atom stereocenters. The molecular weight excluding hydrogens is 262 g/mol. The van der Waals surface area contributed by atoms with Gasteiger partial charge in [-0.3, -0.25) is 0 Å². The van der Waals surface area contributed by atoms with Crippen molar-refractivity contribution in [2.45, 2.75) is 25.2 Å². The molecule has 6 heteroatoms. The molecule has 0 bridgehead atoms. The van der Waals surface area contributed by atoms with E-state index < -0.39 is 10.0 Å². The van der Waals surface area contributed by atoms with Gasteiger partial charge < -0.3 is 5.32 Å². The third kappa shape index (κ3) is 2.90. The third-order valence-electron chi connectivity index (χ3n) is 3.92. The summed E-state index contributed by atoms with van der Waals surface area (Å²) in [5.74, 6) is 1.55. The Labute approximate surface area is 115 Å². The van der Waals surface area contributed by atoms with Gasteiger partial charge in [0.2, 0.25) is 10.0 Å². The van der Waals surface area contributed by atoms with E-state index in [0.29, 0.717) is 35.6 Å². The molecule has 1 fully saturated rings. The van der Waals surface area contributed by atoms with Crippen LogP contribution in [0.15, 0.2) is 23.2 Å². The molecule has 1 aromatic heterocycles. The number of rotatable bonds is 3. The van der Waals surface area contributed by atoms with Crippen molar-refractivity contribution in [2.24, 2.45) is 11.8 Å². The summed E-state index contributed by atoms with van der Waals surface area (Å²) in [6, 6.07) is 3.14. The van der Waals surface area contributed by atoms with Crippen LogP contribution in [0.25, 0.3) is 0 Å². The fraction of sp³-hybridized carbons (Fsp3) is 0.615. The van der Waals surface area contributed by atoms with E-state index >= 15 is 0 Å². The van der Waals surface area contributed by atoms with Gasteiger partial charge in [-0.05, 0) is 24.3 Å². The normalized spacial score (nSPS) is 25.2. The molecule has 1 N–H and O–H groups in total. The van der Waals surface area contributed by atoms with Gasteiger partial charge in [0.1, 0.15) is 5.82 Å². The SMILES string of the molecule is CNc1cc(S(=O)(=O)N2CCC(C)C(C)C2)ccn1. The van der Waals surface area contributed by atoms with Crippen LogP contribution in [0.2, 0.25) is 0 Å². The molecule has 2 heterocycles. The van der Waals surface area contributed by atoms with E-state index in [9.17, 15) is 8.42 Å². The van der Waals surface area contributed by atoms with E-state index in [1.807, 2.05) is 0 Å². The predicted molar refractivity (Wildman–Crippen MR) is 75.5 cm³/mol. The number of nitrogens with one attached hydrogen (secondary N) is 1. The minimum Gasteiger partial charge on any atom is -0.373 e. The highest BCUT2D eigenvalue weighted by Crippen LogP contribution is 2.27. The highest BCUT2D eigenvalue weighted by Gasteiger charge is 2.31. The lowest BCUT2D eigenvalue weighted by Crippen LogP contribution is -2.42. The second-order valence-corrected chi connectivity index (χ2v) is 7.17. The Kier molecular flexibility index (Phi) is 4.10. The lowest BCUT2D eigenvalue weighted by atomic mass is 9.90. The Hall–Kier alpha value is -1.14. The van der Waals surface area contributed by atoms with Crippen molar-refractivity contribution in [1.82, 2.24) is 9.29 Å². The van der Waals surface area contributed by atoms with Crippen molar-refractivity contribution >= 4 is 15.8 Å². The van der Waals surface area contributed by atoms with Crippen molar-refractivity contribution in [2.75, 3.05) is 25.5 Å². The topological polar surface area (TPSA) is 62.3 Å². The van der Waals surface area contributed by atoms with E-state index in [1.54, 1.807) is 23.5 Å². The van der Waals surface area contributed by atoms with Crippen LogP contribution in [-0.2, 0) is 10.0 Å². The number of hydrogen-bond donors (Lipinski definition) is 1. The van der Waals surface area contributed by atoms with E-state index in [1.165, 1.54) is 6.20 Å². The first-order valence-corrected chi connectivity index (χ1v) is 8.03. The maximum absolute atomic E-state index is 12.6. The summed E-state index contributed by atoms with van der Waals surface area (Å²) in [4.78, 5) is 4.36. The Morgan fingerprint density at radius 1 is 1.37 bits per heavy atom. The molecule has 1 saturated heterocycles. The highest BCUT2D eigenvalue weighted by molar-refractivity contribution is 7.89. The highest BCUT2D eigenvalue weighted by atomic mass is 32.2. The van der Waals surface area contributed by atoms with Gasteiger partial charge in [0, 0.05) is 32.4 Å². The summed E-state index contributed by atoms with van der Waals surface area (Å²) in [5, 5.41) is 2.86. The van der Waals surface area contributed by atoms with Crippen LogP contribution in [0.4, 0.5) is 5.82 Å². The van der Waals surface area contributed by atoms with Crippen molar-refractivity contribution in [3.63, 3.8) is 0 Å². The summed E-state index contributed by atoms with van der Waals surface area (Å²) < 4.78 is 26.7. The molecule has 19 heavy (non-hydrogen) atoms. The number of hydrogen-bond acceptors (Lipinski definition) is 4. The molecule has 1 aliphatic heterocycles. The van der Waals surface area contributed by atoms with E-state index in [2.05, 4.69) is 24.1 Å². The van der Waals surface area contributed by atoms with Gasteiger partial charge in [-0.25, -0.2) is 13.4 Å². The second-order valence-electron chi connectivity index (χ2n) is 5.23. The van der Waals surface area contributed by atoms with Crippen LogP contribution in [-0.4, -0.2) is 37.8 Å². The molecule has 0 aliphatic carbocycles. The molecular formula is C13H21N3O2S. The van der Waals surface area contributed by atoms with Crippen LogP contribution in [0.3, 0.4) is 0 Å². The molecule has 0 spiro atoms. The molecule has 5 nitrogen and oxygen atoms in total. The minimum atomic E-state index is -3.40. The van der Waals surface area contributed by atoms with Crippen molar-refractivity contribution < 1.29 is 8.42 Å². The van der Waals surface area contributed by atoms with Crippen LogP contribution in [0.1, 0.15) is 20.3 Å². The van der Waals surface area contributed by atoms with Gasteiger partial charge in [-0.1, -0.05) is 13.8 Å². The zero-order valence-electron chi connectivity index (χ0n) is 11.6. The molecule has 2 rings (SSSR count). The summed E-state index contributed by atoms with van der Waals surface area (Å²) in [7, 11) is -1.67. The standard InChI is InChI=1S/C13H21N3O2S/c1-10-5-7-16(9-11(10)2)19(17,18)12-4-6-15-13(8-12)14-3/h4,6,8,10-11H,5,7,9H2,1-3H3,(H,14,15). The van der Waals surface area contributed by atoms with Crippen LogP contribution < -0.4 is 5.32 Å². The fourth-order valence-corrected chi connectivity index (χ4v) is 3.87. The van der Waals surface area contributed by atoms with Gasteiger partial charge >= 0.3 is 0 Å². The van der Waals surface area contributed by atoms with E-state index in [-0.39, 0.29) is 0 Å². The molecule has 106 valence electrons. The summed E-state index contributed by atoms with van der Waals surface area (Å²) in [5.41, 5.74) is 0. The molecule has 2 unspecified atom stereocenters. The second kappa shape index (κ2) is 5.46. The number of piperidine rings is 1. The molecule has 0 amide bonds. The van der Waals surface area contributed by atoms with E-state index in [0.717, 1.165) is 6.42 Å². The largest absolute Gasteiger partial charge is 0.373 e. The maximum atomic E-state index is 12.6. The minimum absolute atomic E-state index is 0.314. The molecule has 1 aromatic rings. The first-order chi connectivity index (χ1) is 8.95. The number of anilines is 1.